The van der Waals surface area contributed by atoms with Crippen molar-refractivity contribution in [2.75, 3.05) is 7.11 Å². The average molecular weight is 383 g/mol. The highest BCUT2D eigenvalue weighted by Gasteiger charge is 2.26. The molecule has 0 saturated heterocycles. The third kappa shape index (κ3) is 5.45. The number of hydrogen-bond acceptors (Lipinski definition) is 4. The van der Waals surface area contributed by atoms with E-state index in [1.165, 1.54) is 19.2 Å². The summed E-state index contributed by atoms with van der Waals surface area (Å²) in [6.07, 6.45) is 6.73. The van der Waals surface area contributed by atoms with Gasteiger partial charge >= 0.3 is 0 Å². The zero-order valence-corrected chi connectivity index (χ0v) is 16.7. The molecule has 1 aromatic rings. The quantitative estimate of drug-likeness (QED) is 0.723. The number of ether oxygens (including phenoxy) is 1. The molecular weight excluding hydrogens is 352 g/mol. The van der Waals surface area contributed by atoms with Crippen LogP contribution in [-0.2, 0) is 10.0 Å². The fourth-order valence-corrected chi connectivity index (χ4v) is 4.84. The Bertz CT molecular complexity index is 712. The van der Waals surface area contributed by atoms with Gasteiger partial charge in [-0.25, -0.2) is 13.1 Å². The number of carbonyl (C=O) groups is 1. The van der Waals surface area contributed by atoms with Gasteiger partial charge < -0.3 is 10.1 Å². The lowest BCUT2D eigenvalue weighted by Gasteiger charge is -2.23. The topological polar surface area (TPSA) is 84.5 Å². The molecule has 0 bridgehead atoms. The van der Waals surface area contributed by atoms with E-state index in [0.29, 0.717) is 5.56 Å². The Hall–Kier alpha value is -1.60. The minimum atomic E-state index is -3.75. The molecule has 1 saturated carbocycles. The maximum absolute atomic E-state index is 12.9. The van der Waals surface area contributed by atoms with Crippen molar-refractivity contribution in [3.8, 4) is 5.75 Å². The van der Waals surface area contributed by atoms with Crippen LogP contribution in [0.4, 0.5) is 0 Å². The molecule has 2 rings (SSSR count). The second-order valence-corrected chi connectivity index (χ2v) is 8.67. The molecule has 0 aromatic heterocycles. The Balaban J connectivity index is 2.24. The lowest BCUT2D eigenvalue weighted by atomic mass is 9.96. The summed E-state index contributed by atoms with van der Waals surface area (Å²) in [6.45, 7) is 3.99. The molecule has 26 heavy (non-hydrogen) atoms. The molecule has 0 aliphatic heterocycles. The van der Waals surface area contributed by atoms with Crippen molar-refractivity contribution in [2.45, 2.75) is 75.8 Å². The van der Waals surface area contributed by atoms with Crippen LogP contribution >= 0.6 is 0 Å². The highest BCUT2D eigenvalue weighted by Crippen LogP contribution is 2.27. The Morgan fingerprint density at radius 3 is 2.58 bits per heavy atom. The predicted octanol–water partition coefficient (Wildman–Crippen LogP) is 3.22. The van der Waals surface area contributed by atoms with Gasteiger partial charge in [0.2, 0.25) is 10.0 Å². The Labute approximate surface area is 156 Å². The van der Waals surface area contributed by atoms with E-state index in [1.807, 2.05) is 6.92 Å². The molecule has 1 aliphatic carbocycles. The smallest absolute Gasteiger partial charge is 0.251 e. The first kappa shape index (κ1) is 20.7. The van der Waals surface area contributed by atoms with Crippen molar-refractivity contribution in [1.29, 1.82) is 0 Å². The van der Waals surface area contributed by atoms with E-state index in [2.05, 4.69) is 17.0 Å². The Morgan fingerprint density at radius 1 is 1.27 bits per heavy atom. The molecule has 1 amide bonds. The third-order valence-corrected chi connectivity index (χ3v) is 6.28. The van der Waals surface area contributed by atoms with Crippen LogP contribution in [0.2, 0.25) is 0 Å². The first-order valence-corrected chi connectivity index (χ1v) is 10.9. The molecule has 0 heterocycles. The second kappa shape index (κ2) is 9.37. The van der Waals surface area contributed by atoms with E-state index >= 15 is 0 Å². The van der Waals surface area contributed by atoms with Crippen LogP contribution in [-0.4, -0.2) is 33.5 Å². The van der Waals surface area contributed by atoms with Gasteiger partial charge in [0.25, 0.3) is 5.91 Å². The number of sulfonamides is 1. The van der Waals surface area contributed by atoms with Crippen LogP contribution in [0.5, 0.6) is 5.75 Å². The third-order valence-electron chi connectivity index (χ3n) is 4.74. The van der Waals surface area contributed by atoms with E-state index < -0.39 is 10.0 Å². The summed E-state index contributed by atoms with van der Waals surface area (Å²) in [7, 11) is -2.32. The summed E-state index contributed by atoms with van der Waals surface area (Å²) >= 11 is 0. The fraction of sp³-hybridized carbons (Fsp3) is 0.632. The van der Waals surface area contributed by atoms with E-state index in [9.17, 15) is 13.2 Å². The molecule has 7 heteroatoms. The molecular formula is C19H30N2O4S. The lowest BCUT2D eigenvalue weighted by Crippen LogP contribution is -2.36. The van der Waals surface area contributed by atoms with Gasteiger partial charge in [0.1, 0.15) is 10.6 Å². The Morgan fingerprint density at radius 2 is 1.96 bits per heavy atom. The lowest BCUT2D eigenvalue weighted by molar-refractivity contribution is 0.0938. The maximum Gasteiger partial charge on any atom is 0.251 e. The minimum absolute atomic E-state index is 0.0152. The maximum atomic E-state index is 12.9. The molecule has 0 unspecified atom stereocenters. The fourth-order valence-electron chi connectivity index (χ4n) is 3.34. The number of benzene rings is 1. The molecule has 1 fully saturated rings. The summed E-state index contributed by atoms with van der Waals surface area (Å²) < 4.78 is 33.7. The van der Waals surface area contributed by atoms with Crippen molar-refractivity contribution in [3.63, 3.8) is 0 Å². The molecule has 2 N–H and O–H groups in total. The van der Waals surface area contributed by atoms with Crippen LogP contribution in [0, 0.1) is 0 Å². The summed E-state index contributed by atoms with van der Waals surface area (Å²) in [6, 6.07) is 4.51. The van der Waals surface area contributed by atoms with E-state index in [1.54, 1.807) is 6.07 Å². The van der Waals surface area contributed by atoms with Crippen molar-refractivity contribution in [1.82, 2.24) is 10.0 Å². The number of amides is 1. The zero-order valence-electron chi connectivity index (χ0n) is 15.9. The van der Waals surface area contributed by atoms with Crippen molar-refractivity contribution in [2.24, 2.45) is 0 Å². The van der Waals surface area contributed by atoms with Crippen molar-refractivity contribution < 1.29 is 17.9 Å². The summed E-state index contributed by atoms with van der Waals surface area (Å²) in [5.41, 5.74) is 0.317. The number of hydrogen-bond donors (Lipinski definition) is 2. The van der Waals surface area contributed by atoms with Gasteiger partial charge in [-0.1, -0.05) is 32.6 Å². The van der Waals surface area contributed by atoms with Crippen molar-refractivity contribution >= 4 is 15.9 Å². The van der Waals surface area contributed by atoms with E-state index in [0.717, 1.165) is 44.9 Å². The zero-order chi connectivity index (χ0) is 19.2. The van der Waals surface area contributed by atoms with Gasteiger partial charge in [0.15, 0.2) is 0 Å². The highest BCUT2D eigenvalue weighted by atomic mass is 32.2. The van der Waals surface area contributed by atoms with E-state index in [-0.39, 0.29) is 28.6 Å². The number of nitrogens with one attached hydrogen (secondary N) is 2. The van der Waals surface area contributed by atoms with Crippen LogP contribution < -0.4 is 14.8 Å². The SMILES string of the molecule is CCC[C@H](C)NC(=O)c1ccc(OC)c(S(=O)(=O)NC2CCCCC2)c1. The van der Waals surface area contributed by atoms with Crippen LogP contribution in [0.15, 0.2) is 23.1 Å². The van der Waals surface area contributed by atoms with Crippen molar-refractivity contribution in [3.05, 3.63) is 23.8 Å². The highest BCUT2D eigenvalue weighted by molar-refractivity contribution is 7.89. The van der Waals surface area contributed by atoms with Crippen LogP contribution in [0.1, 0.15) is 69.2 Å². The molecule has 0 spiro atoms. The Kier molecular flexibility index (Phi) is 7.46. The summed E-state index contributed by atoms with van der Waals surface area (Å²) in [5, 5.41) is 2.90. The van der Waals surface area contributed by atoms with Gasteiger partial charge in [-0.3, -0.25) is 4.79 Å². The summed E-state index contributed by atoms with van der Waals surface area (Å²) in [5.74, 6) is -0.0332. The second-order valence-electron chi connectivity index (χ2n) is 6.99. The molecule has 1 atom stereocenters. The van der Waals surface area contributed by atoms with Gasteiger partial charge in [-0.2, -0.15) is 0 Å². The van der Waals surface area contributed by atoms with Gasteiger partial charge in [-0.15, -0.1) is 0 Å². The molecule has 1 aliphatic rings. The largest absolute Gasteiger partial charge is 0.495 e. The van der Waals surface area contributed by atoms with Gasteiger partial charge in [0.05, 0.1) is 7.11 Å². The van der Waals surface area contributed by atoms with Crippen LogP contribution in [0.3, 0.4) is 0 Å². The first-order valence-electron chi connectivity index (χ1n) is 9.38. The molecule has 146 valence electrons. The number of carbonyl (C=O) groups excluding carboxylic acids is 1. The first-order chi connectivity index (χ1) is 12.4. The summed E-state index contributed by atoms with van der Waals surface area (Å²) in [4.78, 5) is 12.4. The molecule has 1 aromatic carbocycles. The normalized spacial score (nSPS) is 16.9. The molecule has 6 nitrogen and oxygen atoms in total. The predicted molar refractivity (Wildman–Crippen MR) is 102 cm³/mol. The van der Waals surface area contributed by atoms with Crippen LogP contribution in [0.25, 0.3) is 0 Å². The molecule has 0 radical (unpaired) electrons. The minimum Gasteiger partial charge on any atom is -0.495 e. The van der Waals surface area contributed by atoms with Gasteiger partial charge in [-0.05, 0) is 44.4 Å². The average Bonchev–Trinajstić information content (AvgIpc) is 2.61. The number of rotatable bonds is 8. The monoisotopic (exact) mass is 382 g/mol. The van der Waals surface area contributed by atoms with E-state index in [4.69, 9.17) is 4.74 Å². The number of methoxy groups -OCH3 is 1. The standard InChI is InChI=1S/C19H30N2O4S/c1-4-8-14(2)20-19(22)15-11-12-17(25-3)18(13-15)26(23,24)21-16-9-6-5-7-10-16/h11-14,16,21H,4-10H2,1-3H3,(H,20,22)/t14-/m0/s1. The van der Waals surface area contributed by atoms with Gasteiger partial charge in [0, 0.05) is 17.6 Å².